The van der Waals surface area contributed by atoms with Crippen molar-refractivity contribution in [2.24, 2.45) is 0 Å². The zero-order valence-electron chi connectivity index (χ0n) is 10.0. The quantitative estimate of drug-likeness (QED) is 0.894. The average molecular weight is 247 g/mol. The lowest BCUT2D eigenvalue weighted by atomic mass is 10.2. The van der Waals surface area contributed by atoms with Crippen LogP contribution in [0.15, 0.2) is 36.7 Å². The van der Waals surface area contributed by atoms with Gasteiger partial charge >= 0.3 is 0 Å². The number of nitrogens with zero attached hydrogens (tertiary/aromatic N) is 3. The summed E-state index contributed by atoms with van der Waals surface area (Å²) in [6.45, 7) is 0.123. The zero-order chi connectivity index (χ0) is 13.0. The van der Waals surface area contributed by atoms with E-state index in [1.807, 2.05) is 18.2 Å². The molecular weight excluding hydrogens is 233 g/mol. The summed E-state index contributed by atoms with van der Waals surface area (Å²) in [5, 5.41) is 9.02. The molecule has 0 unspecified atom stereocenters. The Morgan fingerprint density at radius 3 is 2.72 bits per heavy atom. The van der Waals surface area contributed by atoms with Gasteiger partial charge in [-0.2, -0.15) is 0 Å². The van der Waals surface area contributed by atoms with Crippen LogP contribution in [0.3, 0.4) is 0 Å². The molecule has 18 heavy (non-hydrogen) atoms. The van der Waals surface area contributed by atoms with Crippen LogP contribution in [0.25, 0.3) is 0 Å². The highest BCUT2D eigenvalue weighted by molar-refractivity contribution is 5.42. The fourth-order valence-corrected chi connectivity index (χ4v) is 1.67. The molecule has 0 saturated heterocycles. The largest absolute Gasteiger partial charge is 0.392 e. The molecule has 0 aromatic carbocycles. The Labute approximate surface area is 105 Å². The molecule has 1 N–H and O–H groups in total. The van der Waals surface area contributed by atoms with Crippen LogP contribution < -0.4 is 4.90 Å². The smallest absolute Gasteiger partial charge is 0.171 e. The van der Waals surface area contributed by atoms with E-state index in [9.17, 15) is 4.39 Å². The van der Waals surface area contributed by atoms with E-state index in [1.165, 1.54) is 12.3 Å². The maximum absolute atomic E-state index is 13.9. The van der Waals surface area contributed by atoms with E-state index in [2.05, 4.69) is 9.97 Å². The number of anilines is 1. The fraction of sp³-hybridized carbons (Fsp3) is 0.231. The topological polar surface area (TPSA) is 49.2 Å². The lowest BCUT2D eigenvalue weighted by molar-refractivity contribution is 0.275. The third-order valence-corrected chi connectivity index (χ3v) is 2.61. The van der Waals surface area contributed by atoms with Crippen LogP contribution in [0.5, 0.6) is 0 Å². The van der Waals surface area contributed by atoms with Gasteiger partial charge in [-0.05, 0) is 18.2 Å². The number of halogens is 1. The molecular formula is C13H14FN3O. The van der Waals surface area contributed by atoms with Crippen molar-refractivity contribution in [1.82, 2.24) is 9.97 Å². The van der Waals surface area contributed by atoms with Crippen molar-refractivity contribution in [3.05, 3.63) is 53.7 Å². The van der Waals surface area contributed by atoms with E-state index in [0.717, 1.165) is 5.69 Å². The van der Waals surface area contributed by atoms with Gasteiger partial charge in [-0.25, -0.2) is 9.37 Å². The van der Waals surface area contributed by atoms with Crippen molar-refractivity contribution in [2.75, 3.05) is 11.9 Å². The first-order valence-corrected chi connectivity index (χ1v) is 5.57. The van der Waals surface area contributed by atoms with Crippen LogP contribution in [0.2, 0.25) is 0 Å². The average Bonchev–Trinajstić information content (AvgIpc) is 2.40. The molecule has 0 aliphatic carbocycles. The summed E-state index contributed by atoms with van der Waals surface area (Å²) in [7, 11) is 1.74. The summed E-state index contributed by atoms with van der Waals surface area (Å²) in [6, 6.07) is 7.04. The molecule has 0 saturated carbocycles. The summed E-state index contributed by atoms with van der Waals surface area (Å²) in [5.74, 6) is -0.273. The van der Waals surface area contributed by atoms with Crippen molar-refractivity contribution in [1.29, 1.82) is 0 Å². The van der Waals surface area contributed by atoms with E-state index in [-0.39, 0.29) is 18.0 Å². The van der Waals surface area contributed by atoms with E-state index < -0.39 is 5.82 Å². The number of aliphatic hydroxyl groups is 1. The van der Waals surface area contributed by atoms with Gasteiger partial charge in [0.1, 0.15) is 0 Å². The minimum absolute atomic E-state index is 0.215. The highest BCUT2D eigenvalue weighted by atomic mass is 19.1. The highest BCUT2D eigenvalue weighted by Crippen LogP contribution is 2.19. The lowest BCUT2D eigenvalue weighted by Gasteiger charge is -2.19. The van der Waals surface area contributed by atoms with Gasteiger partial charge in [0.05, 0.1) is 18.8 Å². The van der Waals surface area contributed by atoms with Crippen LogP contribution in [0, 0.1) is 5.82 Å². The monoisotopic (exact) mass is 247 g/mol. The van der Waals surface area contributed by atoms with E-state index >= 15 is 0 Å². The first-order chi connectivity index (χ1) is 8.72. The first-order valence-electron chi connectivity index (χ1n) is 5.57. The van der Waals surface area contributed by atoms with Crippen molar-refractivity contribution >= 4 is 5.82 Å². The molecule has 5 heteroatoms. The second kappa shape index (κ2) is 5.55. The summed E-state index contributed by atoms with van der Waals surface area (Å²) >= 11 is 0. The molecule has 94 valence electrons. The van der Waals surface area contributed by atoms with Gasteiger partial charge in [0.25, 0.3) is 0 Å². The molecule has 2 heterocycles. The number of aromatic nitrogens is 2. The Morgan fingerprint density at radius 2 is 2.06 bits per heavy atom. The molecule has 4 nitrogen and oxygen atoms in total. The molecule has 0 amide bonds. The second-order valence-corrected chi connectivity index (χ2v) is 3.94. The maximum Gasteiger partial charge on any atom is 0.171 e. The third kappa shape index (κ3) is 2.62. The van der Waals surface area contributed by atoms with Crippen LogP contribution in [-0.4, -0.2) is 22.1 Å². The van der Waals surface area contributed by atoms with Gasteiger partial charge in [-0.15, -0.1) is 0 Å². The summed E-state index contributed by atoms with van der Waals surface area (Å²) in [4.78, 5) is 9.83. The maximum atomic E-state index is 13.9. The summed E-state index contributed by atoms with van der Waals surface area (Å²) in [5.41, 5.74) is 1.07. The molecule has 0 radical (unpaired) electrons. The minimum atomic E-state index is -0.488. The van der Waals surface area contributed by atoms with Gasteiger partial charge < -0.3 is 10.0 Å². The van der Waals surface area contributed by atoms with Crippen LogP contribution in [-0.2, 0) is 13.2 Å². The van der Waals surface area contributed by atoms with Gasteiger partial charge in [0.15, 0.2) is 11.6 Å². The Balaban J connectivity index is 2.21. The molecule has 2 rings (SSSR count). The molecule has 0 spiro atoms. The van der Waals surface area contributed by atoms with Crippen LogP contribution >= 0.6 is 0 Å². The van der Waals surface area contributed by atoms with Crippen molar-refractivity contribution in [3.8, 4) is 0 Å². The summed E-state index contributed by atoms with van der Waals surface area (Å²) in [6.07, 6.45) is 3.18. The molecule has 0 fully saturated rings. The van der Waals surface area contributed by atoms with E-state index in [0.29, 0.717) is 6.54 Å². The number of pyridine rings is 2. The third-order valence-electron chi connectivity index (χ3n) is 2.61. The number of hydrogen-bond donors (Lipinski definition) is 1. The van der Waals surface area contributed by atoms with Crippen molar-refractivity contribution < 1.29 is 9.50 Å². The lowest BCUT2D eigenvalue weighted by Crippen LogP contribution is -2.20. The normalized spacial score (nSPS) is 10.4. The Morgan fingerprint density at radius 1 is 1.22 bits per heavy atom. The van der Waals surface area contributed by atoms with Gasteiger partial charge in [0, 0.05) is 25.0 Å². The minimum Gasteiger partial charge on any atom is -0.392 e. The van der Waals surface area contributed by atoms with Crippen LogP contribution in [0.1, 0.15) is 11.3 Å². The SMILES string of the molecule is CN(Cc1ccccn1)c1nccc(CO)c1F. The Bertz CT molecular complexity index is 519. The molecule has 0 bridgehead atoms. The van der Waals surface area contributed by atoms with Gasteiger partial charge in [-0.1, -0.05) is 6.07 Å². The second-order valence-electron chi connectivity index (χ2n) is 3.94. The molecule has 0 atom stereocenters. The van der Waals surface area contributed by atoms with Gasteiger partial charge in [-0.3, -0.25) is 4.98 Å². The summed E-state index contributed by atoms with van der Waals surface area (Å²) < 4.78 is 13.9. The predicted molar refractivity (Wildman–Crippen MR) is 66.5 cm³/mol. The molecule has 0 aliphatic heterocycles. The zero-order valence-corrected chi connectivity index (χ0v) is 10.0. The first kappa shape index (κ1) is 12.4. The predicted octanol–water partition coefficient (Wildman–Crippen LogP) is 1.74. The Kier molecular flexibility index (Phi) is 3.84. The van der Waals surface area contributed by atoms with E-state index in [4.69, 9.17) is 5.11 Å². The molecule has 2 aromatic rings. The van der Waals surface area contributed by atoms with E-state index in [1.54, 1.807) is 18.1 Å². The fourth-order valence-electron chi connectivity index (χ4n) is 1.67. The van der Waals surface area contributed by atoms with Crippen LogP contribution in [0.4, 0.5) is 10.2 Å². The molecule has 2 aromatic heterocycles. The highest BCUT2D eigenvalue weighted by Gasteiger charge is 2.13. The number of rotatable bonds is 4. The van der Waals surface area contributed by atoms with Gasteiger partial charge in [0.2, 0.25) is 0 Å². The van der Waals surface area contributed by atoms with Crippen molar-refractivity contribution in [3.63, 3.8) is 0 Å². The Hall–Kier alpha value is -2.01. The standard InChI is InChI=1S/C13H14FN3O/c1-17(8-11-4-2-3-6-15-11)13-12(14)10(9-18)5-7-16-13/h2-7,18H,8-9H2,1H3. The number of aliphatic hydroxyl groups excluding tert-OH is 1. The molecule has 0 aliphatic rings. The number of hydrogen-bond acceptors (Lipinski definition) is 4. The van der Waals surface area contributed by atoms with Crippen molar-refractivity contribution in [2.45, 2.75) is 13.2 Å².